The van der Waals surface area contributed by atoms with Crippen LogP contribution in [-0.2, 0) is 9.53 Å². The third-order valence-electron chi connectivity index (χ3n) is 6.88. The van der Waals surface area contributed by atoms with E-state index >= 15 is 0 Å². The molecule has 0 saturated heterocycles. The van der Waals surface area contributed by atoms with Gasteiger partial charge in [-0.05, 0) is 54.9 Å². The largest absolute Gasteiger partial charge is 0.390 e. The fourth-order valence-corrected chi connectivity index (χ4v) is 6.63. The van der Waals surface area contributed by atoms with E-state index in [1.807, 2.05) is 0 Å². The lowest BCUT2D eigenvalue weighted by Crippen LogP contribution is -2.51. The van der Waals surface area contributed by atoms with Crippen molar-refractivity contribution in [2.75, 3.05) is 6.61 Å². The van der Waals surface area contributed by atoms with E-state index in [4.69, 9.17) is 4.74 Å². The summed E-state index contributed by atoms with van der Waals surface area (Å²) in [5.74, 6) is 2.13. The normalized spacial score (nSPS) is 54.6. The van der Waals surface area contributed by atoms with Gasteiger partial charge in [-0.15, -0.1) is 0 Å². The first-order valence-corrected chi connectivity index (χ1v) is 7.98. The van der Waals surface area contributed by atoms with Crippen molar-refractivity contribution in [1.29, 1.82) is 0 Å². The van der Waals surface area contributed by atoms with Gasteiger partial charge in [-0.1, -0.05) is 19.9 Å². The number of ketones is 1. The van der Waals surface area contributed by atoms with E-state index in [2.05, 4.69) is 13.5 Å². The average Bonchev–Trinajstić information content (AvgIpc) is 2.73. The molecule has 0 aromatic carbocycles. The highest BCUT2D eigenvalue weighted by molar-refractivity contribution is 5.90. The topological polar surface area (TPSA) is 46.5 Å². The first-order chi connectivity index (χ1) is 9.46. The fraction of sp³-hybridized carbons (Fsp3) is 0.824. The Kier molecular flexibility index (Phi) is 2.44. The molecule has 4 fully saturated rings. The maximum absolute atomic E-state index is 11.5. The Hall–Kier alpha value is -0.670. The van der Waals surface area contributed by atoms with Gasteiger partial charge in [0.1, 0.15) is 6.61 Å². The Bertz CT molecular complexity index is 487. The minimum absolute atomic E-state index is 0.0513. The van der Waals surface area contributed by atoms with Crippen LogP contribution in [0.4, 0.5) is 0 Å². The summed E-state index contributed by atoms with van der Waals surface area (Å²) in [4.78, 5) is 11.5. The van der Waals surface area contributed by atoms with E-state index in [0.29, 0.717) is 17.3 Å². The van der Waals surface area contributed by atoms with Gasteiger partial charge in [-0.25, -0.2) is 0 Å². The third-order valence-corrected chi connectivity index (χ3v) is 6.88. The van der Waals surface area contributed by atoms with Crippen LogP contribution in [0.3, 0.4) is 0 Å². The summed E-state index contributed by atoms with van der Waals surface area (Å²) in [6.07, 6.45) is 7.34. The van der Waals surface area contributed by atoms with Gasteiger partial charge in [0, 0.05) is 6.42 Å². The second kappa shape index (κ2) is 3.75. The number of carbonyl (C=O) groups excluding carboxylic acids is 1. The summed E-state index contributed by atoms with van der Waals surface area (Å²) in [6.45, 7) is 5.91. The van der Waals surface area contributed by atoms with E-state index < -0.39 is 5.60 Å². The zero-order chi connectivity index (χ0) is 14.2. The molecule has 4 aliphatic carbocycles. The maximum Gasteiger partial charge on any atom is 0.180 e. The summed E-state index contributed by atoms with van der Waals surface area (Å²) in [6, 6.07) is 0. The minimum atomic E-state index is -0.529. The standard InChI is InChI=1S/C17H24O3/c1-3-11(18)7-20-16-6-14-12(4-2)13-5-15(19,8-16)9-17(13,14)10-16/h3,12-14,19H,1,4-10H2,2H3. The number of rotatable bonds is 5. The lowest BCUT2D eigenvalue weighted by Gasteiger charge is -2.55. The lowest BCUT2D eigenvalue weighted by atomic mass is 9.49. The van der Waals surface area contributed by atoms with E-state index in [1.165, 1.54) is 12.5 Å². The Labute approximate surface area is 120 Å². The van der Waals surface area contributed by atoms with E-state index in [9.17, 15) is 9.90 Å². The number of ether oxygens (including phenoxy) is 1. The Morgan fingerprint density at radius 2 is 2.10 bits per heavy atom. The summed E-state index contributed by atoms with van der Waals surface area (Å²) in [5, 5.41) is 10.9. The molecule has 4 aliphatic rings. The molecule has 0 amide bonds. The smallest absolute Gasteiger partial charge is 0.180 e. The summed E-state index contributed by atoms with van der Waals surface area (Å²) < 4.78 is 6.06. The molecule has 20 heavy (non-hydrogen) atoms. The van der Waals surface area contributed by atoms with E-state index in [-0.39, 0.29) is 18.0 Å². The van der Waals surface area contributed by atoms with Crippen LogP contribution in [0.2, 0.25) is 0 Å². The van der Waals surface area contributed by atoms with Crippen molar-refractivity contribution in [2.45, 2.75) is 56.7 Å². The molecule has 3 heteroatoms. The van der Waals surface area contributed by atoms with Gasteiger partial charge in [-0.2, -0.15) is 0 Å². The van der Waals surface area contributed by atoms with Crippen LogP contribution in [0.1, 0.15) is 45.4 Å². The molecule has 4 rings (SSSR count). The van der Waals surface area contributed by atoms with Crippen molar-refractivity contribution in [1.82, 2.24) is 0 Å². The van der Waals surface area contributed by atoms with Crippen molar-refractivity contribution >= 4 is 5.78 Å². The molecular formula is C17H24O3. The lowest BCUT2D eigenvalue weighted by molar-refractivity contribution is -0.142. The monoisotopic (exact) mass is 276 g/mol. The van der Waals surface area contributed by atoms with Crippen molar-refractivity contribution in [2.24, 2.45) is 23.2 Å². The molecule has 6 unspecified atom stereocenters. The molecule has 6 atom stereocenters. The van der Waals surface area contributed by atoms with Crippen LogP contribution in [-0.4, -0.2) is 28.7 Å². The van der Waals surface area contributed by atoms with Crippen molar-refractivity contribution in [3.8, 4) is 0 Å². The van der Waals surface area contributed by atoms with Gasteiger partial charge >= 0.3 is 0 Å². The maximum atomic E-state index is 11.5. The van der Waals surface area contributed by atoms with Crippen molar-refractivity contribution in [3.05, 3.63) is 12.7 Å². The Balaban J connectivity index is 1.62. The summed E-state index contributed by atoms with van der Waals surface area (Å²) >= 11 is 0. The highest BCUT2D eigenvalue weighted by atomic mass is 16.5. The van der Waals surface area contributed by atoms with Gasteiger partial charge in [0.25, 0.3) is 0 Å². The fourth-order valence-electron chi connectivity index (χ4n) is 6.63. The molecule has 1 spiro atoms. The Morgan fingerprint density at radius 1 is 1.35 bits per heavy atom. The molecule has 3 nitrogen and oxygen atoms in total. The second-order valence-corrected chi connectivity index (χ2v) is 7.82. The molecule has 0 heterocycles. The van der Waals surface area contributed by atoms with Crippen molar-refractivity contribution in [3.63, 3.8) is 0 Å². The van der Waals surface area contributed by atoms with Gasteiger partial charge in [0.2, 0.25) is 0 Å². The number of hydrogen-bond donors (Lipinski definition) is 1. The number of carbonyl (C=O) groups is 1. The predicted molar refractivity (Wildman–Crippen MR) is 75.1 cm³/mol. The van der Waals surface area contributed by atoms with Crippen LogP contribution >= 0.6 is 0 Å². The van der Waals surface area contributed by atoms with Crippen LogP contribution < -0.4 is 0 Å². The van der Waals surface area contributed by atoms with Crippen LogP contribution in [0.25, 0.3) is 0 Å². The molecule has 0 aromatic heterocycles. The first kappa shape index (κ1) is 13.0. The molecule has 0 aromatic rings. The summed E-state index contributed by atoms with van der Waals surface area (Å²) in [5.41, 5.74) is -0.432. The van der Waals surface area contributed by atoms with Crippen LogP contribution in [0.15, 0.2) is 12.7 Å². The summed E-state index contributed by atoms with van der Waals surface area (Å²) in [7, 11) is 0. The average molecular weight is 276 g/mol. The third kappa shape index (κ3) is 1.41. The van der Waals surface area contributed by atoms with Crippen molar-refractivity contribution < 1.29 is 14.6 Å². The van der Waals surface area contributed by atoms with Gasteiger partial charge in [0.05, 0.1) is 11.2 Å². The first-order valence-electron chi connectivity index (χ1n) is 7.98. The molecule has 4 saturated carbocycles. The zero-order valence-corrected chi connectivity index (χ0v) is 12.2. The quantitative estimate of drug-likeness (QED) is 0.785. The highest BCUT2D eigenvalue weighted by Crippen LogP contribution is 2.80. The van der Waals surface area contributed by atoms with Gasteiger partial charge in [0.15, 0.2) is 5.78 Å². The van der Waals surface area contributed by atoms with Crippen LogP contribution in [0, 0.1) is 23.2 Å². The number of hydrogen-bond acceptors (Lipinski definition) is 3. The minimum Gasteiger partial charge on any atom is -0.390 e. The molecule has 110 valence electrons. The van der Waals surface area contributed by atoms with Crippen LogP contribution in [0.5, 0.6) is 0 Å². The zero-order valence-electron chi connectivity index (χ0n) is 12.2. The molecule has 1 N–H and O–H groups in total. The molecule has 3 bridgehead atoms. The second-order valence-electron chi connectivity index (χ2n) is 7.82. The number of aliphatic hydroxyl groups is 1. The van der Waals surface area contributed by atoms with E-state index in [1.54, 1.807) is 0 Å². The number of fused-ring (bicyclic) bond motifs is 2. The molecule has 0 aliphatic heterocycles. The molecular weight excluding hydrogens is 252 g/mol. The Morgan fingerprint density at radius 3 is 2.80 bits per heavy atom. The van der Waals surface area contributed by atoms with E-state index in [0.717, 1.165) is 38.0 Å². The molecule has 0 radical (unpaired) electrons. The highest BCUT2D eigenvalue weighted by Gasteiger charge is 2.78. The van der Waals surface area contributed by atoms with Gasteiger partial charge < -0.3 is 9.84 Å². The van der Waals surface area contributed by atoms with Gasteiger partial charge in [-0.3, -0.25) is 4.79 Å². The SMILES string of the molecule is C=CC(=O)COC12CC3C(CC)C4CC(O)(C1)CC43C2. The predicted octanol–water partition coefficient (Wildman–Crippen LogP) is 2.48.